The molecule has 1 aliphatic rings. The first-order chi connectivity index (χ1) is 8.52. The number of aryl methyl sites for hydroxylation is 1. The summed E-state index contributed by atoms with van der Waals surface area (Å²) < 4.78 is 2.95. The Morgan fingerprint density at radius 1 is 1.56 bits per heavy atom. The van der Waals surface area contributed by atoms with Gasteiger partial charge in [0.25, 0.3) is 5.91 Å². The molecule has 100 valence electrons. The van der Waals surface area contributed by atoms with Crippen LogP contribution in [-0.2, 0) is 6.54 Å². The first-order valence-electron chi connectivity index (χ1n) is 6.43. The fourth-order valence-electron chi connectivity index (χ4n) is 2.37. The molecule has 0 aromatic carbocycles. The number of carbonyl (C=O) groups is 1. The molecule has 1 aliphatic heterocycles. The van der Waals surface area contributed by atoms with E-state index < -0.39 is 0 Å². The van der Waals surface area contributed by atoms with Crippen molar-refractivity contribution in [3.05, 3.63) is 22.4 Å². The lowest BCUT2D eigenvalue weighted by Gasteiger charge is -2.37. The van der Waals surface area contributed by atoms with Gasteiger partial charge in [-0.25, -0.2) is 0 Å². The minimum absolute atomic E-state index is 0.128. The normalized spacial score (nSPS) is 24.3. The van der Waals surface area contributed by atoms with Crippen LogP contribution in [0.4, 0.5) is 0 Å². The molecule has 0 aliphatic carbocycles. The highest BCUT2D eigenvalue weighted by molar-refractivity contribution is 9.10. The lowest BCUT2D eigenvalue weighted by Crippen LogP contribution is -2.56. The average Bonchev–Trinajstić information content (AvgIpc) is 2.72. The fourth-order valence-corrected chi connectivity index (χ4v) is 2.83. The summed E-state index contributed by atoms with van der Waals surface area (Å²) in [5, 5.41) is 3.39. The largest absolute Gasteiger partial charge is 0.343 e. The number of aromatic nitrogens is 1. The molecular weight excluding hydrogens is 294 g/mol. The predicted molar refractivity (Wildman–Crippen MR) is 75.8 cm³/mol. The van der Waals surface area contributed by atoms with Crippen LogP contribution in [-0.4, -0.2) is 40.5 Å². The number of hydrogen-bond donors (Lipinski definition) is 1. The number of nitrogens with one attached hydrogen (secondary N) is 1. The molecule has 18 heavy (non-hydrogen) atoms. The number of rotatable bonds is 2. The molecule has 1 fully saturated rings. The zero-order chi connectivity index (χ0) is 13.3. The van der Waals surface area contributed by atoms with Crippen LogP contribution < -0.4 is 5.32 Å². The molecule has 4 nitrogen and oxygen atoms in total. The highest BCUT2D eigenvalue weighted by Crippen LogP contribution is 2.19. The van der Waals surface area contributed by atoms with Crippen molar-refractivity contribution < 1.29 is 4.79 Å². The van der Waals surface area contributed by atoms with Gasteiger partial charge in [-0.1, -0.05) is 0 Å². The molecule has 5 heteroatoms. The van der Waals surface area contributed by atoms with Crippen LogP contribution >= 0.6 is 15.9 Å². The summed E-state index contributed by atoms with van der Waals surface area (Å²) in [6.07, 6.45) is 1.96. The zero-order valence-corrected chi connectivity index (χ0v) is 12.7. The third kappa shape index (κ3) is 2.62. The van der Waals surface area contributed by atoms with Crippen molar-refractivity contribution in [2.24, 2.45) is 0 Å². The van der Waals surface area contributed by atoms with Crippen LogP contribution in [0.2, 0.25) is 0 Å². The van der Waals surface area contributed by atoms with E-state index in [4.69, 9.17) is 0 Å². The number of nitrogens with zero attached hydrogens (tertiary/aromatic N) is 2. The van der Waals surface area contributed by atoms with Crippen molar-refractivity contribution >= 4 is 21.8 Å². The molecular formula is C13H20BrN3O. The van der Waals surface area contributed by atoms with Gasteiger partial charge in [0, 0.05) is 42.4 Å². The SMILES string of the molecule is CCn1cc(Br)cc1C(=O)N1CC(C)NCC1C. The number of hydrogen-bond acceptors (Lipinski definition) is 2. The third-order valence-corrected chi connectivity index (χ3v) is 3.88. The maximum Gasteiger partial charge on any atom is 0.270 e. The number of piperazine rings is 1. The number of halogens is 1. The van der Waals surface area contributed by atoms with E-state index in [1.807, 2.05) is 28.7 Å². The lowest BCUT2D eigenvalue weighted by atomic mass is 10.1. The summed E-state index contributed by atoms with van der Waals surface area (Å²) in [5.74, 6) is 0.128. The fraction of sp³-hybridized carbons (Fsp3) is 0.615. The summed E-state index contributed by atoms with van der Waals surface area (Å²) in [6, 6.07) is 2.51. The third-order valence-electron chi connectivity index (χ3n) is 3.45. The molecule has 1 aromatic heterocycles. The van der Waals surface area contributed by atoms with E-state index in [9.17, 15) is 4.79 Å². The summed E-state index contributed by atoms with van der Waals surface area (Å²) in [6.45, 7) is 8.69. The Bertz CT molecular complexity index is 443. The van der Waals surface area contributed by atoms with Gasteiger partial charge in [0.2, 0.25) is 0 Å². The standard InChI is InChI=1S/C13H20BrN3O/c1-4-16-8-11(14)5-12(16)13(18)17-7-9(2)15-6-10(17)3/h5,8-10,15H,4,6-7H2,1-3H3. The Labute approximate surface area is 116 Å². The van der Waals surface area contributed by atoms with Crippen LogP contribution in [0.25, 0.3) is 0 Å². The zero-order valence-electron chi connectivity index (χ0n) is 11.1. The van der Waals surface area contributed by atoms with Crippen LogP contribution in [0.15, 0.2) is 16.7 Å². The van der Waals surface area contributed by atoms with Crippen molar-refractivity contribution in [1.82, 2.24) is 14.8 Å². The summed E-state index contributed by atoms with van der Waals surface area (Å²) >= 11 is 3.44. The smallest absolute Gasteiger partial charge is 0.270 e. The molecule has 1 N–H and O–H groups in total. The molecule has 1 aromatic rings. The van der Waals surface area contributed by atoms with Gasteiger partial charge in [-0.2, -0.15) is 0 Å². The topological polar surface area (TPSA) is 37.3 Å². The second-order valence-corrected chi connectivity index (χ2v) is 5.86. The summed E-state index contributed by atoms with van der Waals surface area (Å²) in [4.78, 5) is 14.6. The van der Waals surface area contributed by atoms with E-state index in [2.05, 4.69) is 35.1 Å². The van der Waals surface area contributed by atoms with E-state index in [0.29, 0.717) is 6.04 Å². The molecule has 1 amide bonds. The number of amides is 1. The van der Waals surface area contributed by atoms with Gasteiger partial charge < -0.3 is 14.8 Å². The molecule has 2 unspecified atom stereocenters. The van der Waals surface area contributed by atoms with E-state index in [-0.39, 0.29) is 11.9 Å². The summed E-state index contributed by atoms with van der Waals surface area (Å²) in [5.41, 5.74) is 0.769. The molecule has 1 saturated heterocycles. The molecule has 0 saturated carbocycles. The van der Waals surface area contributed by atoms with Crippen molar-refractivity contribution in [2.75, 3.05) is 13.1 Å². The second kappa shape index (κ2) is 5.45. The monoisotopic (exact) mass is 313 g/mol. The maximum absolute atomic E-state index is 12.6. The Hall–Kier alpha value is -0.810. The quantitative estimate of drug-likeness (QED) is 0.908. The van der Waals surface area contributed by atoms with Crippen molar-refractivity contribution in [1.29, 1.82) is 0 Å². The highest BCUT2D eigenvalue weighted by atomic mass is 79.9. The minimum Gasteiger partial charge on any atom is -0.343 e. The molecule has 0 bridgehead atoms. The second-order valence-electron chi connectivity index (χ2n) is 4.95. The molecule has 2 rings (SSSR count). The van der Waals surface area contributed by atoms with Crippen molar-refractivity contribution in [3.8, 4) is 0 Å². The van der Waals surface area contributed by atoms with Gasteiger partial charge in [0.15, 0.2) is 0 Å². The van der Waals surface area contributed by atoms with Crippen molar-refractivity contribution in [2.45, 2.75) is 39.4 Å². The van der Waals surface area contributed by atoms with Gasteiger partial charge in [-0.05, 0) is 42.8 Å². The van der Waals surface area contributed by atoms with Gasteiger partial charge in [0.05, 0.1) is 0 Å². The predicted octanol–water partition coefficient (Wildman–Crippen LogP) is 2.09. The van der Waals surface area contributed by atoms with Gasteiger partial charge in [-0.3, -0.25) is 4.79 Å². The highest BCUT2D eigenvalue weighted by Gasteiger charge is 2.28. The van der Waals surface area contributed by atoms with E-state index in [1.165, 1.54) is 0 Å². The lowest BCUT2D eigenvalue weighted by molar-refractivity contribution is 0.0605. The minimum atomic E-state index is 0.128. The maximum atomic E-state index is 12.6. The Balaban J connectivity index is 2.24. The Kier molecular flexibility index (Phi) is 4.12. The van der Waals surface area contributed by atoms with E-state index >= 15 is 0 Å². The van der Waals surface area contributed by atoms with E-state index in [0.717, 1.165) is 29.8 Å². The van der Waals surface area contributed by atoms with Crippen LogP contribution in [0.5, 0.6) is 0 Å². The first-order valence-corrected chi connectivity index (χ1v) is 7.22. The average molecular weight is 314 g/mol. The Morgan fingerprint density at radius 3 is 2.94 bits per heavy atom. The van der Waals surface area contributed by atoms with Gasteiger partial charge >= 0.3 is 0 Å². The van der Waals surface area contributed by atoms with Gasteiger partial charge in [-0.15, -0.1) is 0 Å². The van der Waals surface area contributed by atoms with E-state index in [1.54, 1.807) is 0 Å². The van der Waals surface area contributed by atoms with Crippen molar-refractivity contribution in [3.63, 3.8) is 0 Å². The number of carbonyl (C=O) groups excluding carboxylic acids is 1. The summed E-state index contributed by atoms with van der Waals surface area (Å²) in [7, 11) is 0. The van der Waals surface area contributed by atoms with Gasteiger partial charge in [0.1, 0.15) is 5.69 Å². The molecule has 2 heterocycles. The molecule has 0 radical (unpaired) electrons. The van der Waals surface area contributed by atoms with Crippen LogP contribution in [0.1, 0.15) is 31.3 Å². The molecule has 2 atom stereocenters. The van der Waals surface area contributed by atoms with Crippen LogP contribution in [0.3, 0.4) is 0 Å². The Morgan fingerprint density at radius 2 is 2.28 bits per heavy atom. The molecule has 0 spiro atoms. The van der Waals surface area contributed by atoms with Crippen LogP contribution in [0, 0.1) is 0 Å². The first kappa shape index (κ1) is 13.6.